The first kappa shape index (κ1) is 12.8. The highest BCUT2D eigenvalue weighted by Gasteiger charge is 2.29. The van der Waals surface area contributed by atoms with Crippen LogP contribution in [0.15, 0.2) is 46.9 Å². The fourth-order valence-corrected chi connectivity index (χ4v) is 3.32. The Labute approximate surface area is 120 Å². The summed E-state index contributed by atoms with van der Waals surface area (Å²) in [7, 11) is 0. The second-order valence-corrected chi connectivity index (χ2v) is 5.90. The minimum absolute atomic E-state index is 0.0476. The molecular formula is C16H15BrFN. The molecule has 0 heterocycles. The lowest BCUT2D eigenvalue weighted by molar-refractivity contribution is 0.462. The molecule has 3 rings (SSSR count). The van der Waals surface area contributed by atoms with Crippen LogP contribution in [0.1, 0.15) is 22.7 Å². The zero-order valence-electron chi connectivity index (χ0n) is 10.4. The molecule has 2 N–H and O–H groups in total. The van der Waals surface area contributed by atoms with E-state index >= 15 is 0 Å². The van der Waals surface area contributed by atoms with Gasteiger partial charge in [-0.1, -0.05) is 36.4 Å². The Morgan fingerprint density at radius 1 is 1.16 bits per heavy atom. The van der Waals surface area contributed by atoms with Crippen LogP contribution >= 0.6 is 15.9 Å². The third kappa shape index (κ3) is 2.33. The predicted molar refractivity (Wildman–Crippen MR) is 78.4 cm³/mol. The number of nitrogens with two attached hydrogens (primary N) is 1. The lowest BCUT2D eigenvalue weighted by Crippen LogP contribution is -2.19. The van der Waals surface area contributed by atoms with Gasteiger partial charge >= 0.3 is 0 Å². The molecule has 1 aliphatic rings. The fourth-order valence-electron chi connectivity index (χ4n) is 2.90. The van der Waals surface area contributed by atoms with E-state index in [9.17, 15) is 4.39 Å². The summed E-state index contributed by atoms with van der Waals surface area (Å²) in [4.78, 5) is 0. The molecule has 0 aromatic heterocycles. The molecule has 0 bridgehead atoms. The summed E-state index contributed by atoms with van der Waals surface area (Å²) in [6, 6.07) is 13.5. The minimum Gasteiger partial charge on any atom is -0.324 e. The lowest BCUT2D eigenvalue weighted by atomic mass is 9.93. The molecule has 2 aromatic rings. The summed E-state index contributed by atoms with van der Waals surface area (Å²) < 4.78 is 14.1. The smallest absolute Gasteiger partial charge is 0.137 e. The number of hydrogen-bond donors (Lipinski definition) is 1. The molecule has 19 heavy (non-hydrogen) atoms. The van der Waals surface area contributed by atoms with Crippen LogP contribution in [-0.4, -0.2) is 0 Å². The van der Waals surface area contributed by atoms with E-state index in [-0.39, 0.29) is 11.9 Å². The molecule has 3 heteroatoms. The molecule has 98 valence electrons. The van der Waals surface area contributed by atoms with Gasteiger partial charge < -0.3 is 5.73 Å². The highest BCUT2D eigenvalue weighted by molar-refractivity contribution is 9.10. The maximum Gasteiger partial charge on any atom is 0.137 e. The molecule has 0 radical (unpaired) electrons. The number of benzene rings is 2. The van der Waals surface area contributed by atoms with Crippen molar-refractivity contribution in [3.8, 4) is 0 Å². The van der Waals surface area contributed by atoms with E-state index in [0.29, 0.717) is 10.4 Å². The van der Waals surface area contributed by atoms with Crippen molar-refractivity contribution in [2.75, 3.05) is 0 Å². The average molecular weight is 320 g/mol. The van der Waals surface area contributed by atoms with Crippen LogP contribution in [0, 0.1) is 11.7 Å². The summed E-state index contributed by atoms with van der Waals surface area (Å²) in [6.07, 6.45) is 1.77. The Hall–Kier alpha value is -1.19. The van der Waals surface area contributed by atoms with E-state index in [2.05, 4.69) is 28.1 Å². The molecule has 2 aromatic carbocycles. The molecule has 0 amide bonds. The second-order valence-electron chi connectivity index (χ2n) is 5.11. The van der Waals surface area contributed by atoms with E-state index in [1.165, 1.54) is 17.2 Å². The number of halogens is 2. The SMILES string of the molecule is NC1c2ccccc2CC1Cc1cccc(F)c1Br. The molecule has 2 unspecified atom stereocenters. The van der Waals surface area contributed by atoms with Crippen molar-refractivity contribution >= 4 is 15.9 Å². The van der Waals surface area contributed by atoms with Gasteiger partial charge in [0.1, 0.15) is 5.82 Å². The highest BCUT2D eigenvalue weighted by atomic mass is 79.9. The van der Waals surface area contributed by atoms with Crippen LogP contribution in [0.3, 0.4) is 0 Å². The first-order valence-electron chi connectivity index (χ1n) is 6.43. The maximum absolute atomic E-state index is 13.5. The largest absolute Gasteiger partial charge is 0.324 e. The van der Waals surface area contributed by atoms with Gasteiger partial charge in [0.05, 0.1) is 4.47 Å². The van der Waals surface area contributed by atoms with Gasteiger partial charge in [-0.15, -0.1) is 0 Å². The van der Waals surface area contributed by atoms with Crippen molar-refractivity contribution in [2.24, 2.45) is 11.7 Å². The zero-order valence-corrected chi connectivity index (χ0v) is 12.0. The minimum atomic E-state index is -0.207. The van der Waals surface area contributed by atoms with Crippen molar-refractivity contribution in [3.05, 3.63) is 69.4 Å². The van der Waals surface area contributed by atoms with Crippen molar-refractivity contribution in [1.29, 1.82) is 0 Å². The fraction of sp³-hybridized carbons (Fsp3) is 0.250. The summed E-state index contributed by atoms with van der Waals surface area (Å²) in [5, 5.41) is 0. The number of fused-ring (bicyclic) bond motifs is 1. The quantitative estimate of drug-likeness (QED) is 0.889. The van der Waals surface area contributed by atoms with Crippen LogP contribution in [0.25, 0.3) is 0 Å². The van der Waals surface area contributed by atoms with E-state index in [4.69, 9.17) is 5.73 Å². The lowest BCUT2D eigenvalue weighted by Gasteiger charge is -2.17. The maximum atomic E-state index is 13.5. The van der Waals surface area contributed by atoms with Gasteiger partial charge in [0.2, 0.25) is 0 Å². The van der Waals surface area contributed by atoms with E-state index in [1.807, 2.05) is 18.2 Å². The zero-order chi connectivity index (χ0) is 13.4. The van der Waals surface area contributed by atoms with Crippen LogP contribution in [0.4, 0.5) is 4.39 Å². The third-order valence-corrected chi connectivity index (χ3v) is 4.81. The van der Waals surface area contributed by atoms with Crippen LogP contribution < -0.4 is 5.73 Å². The Balaban J connectivity index is 1.85. The first-order chi connectivity index (χ1) is 9.16. The predicted octanol–water partition coefficient (Wildman–Crippen LogP) is 4.00. The van der Waals surface area contributed by atoms with Gasteiger partial charge in [-0.05, 0) is 57.4 Å². The Morgan fingerprint density at radius 3 is 2.74 bits per heavy atom. The molecule has 0 fully saturated rings. The highest BCUT2D eigenvalue weighted by Crippen LogP contribution is 2.37. The Morgan fingerprint density at radius 2 is 1.95 bits per heavy atom. The van der Waals surface area contributed by atoms with E-state index in [1.54, 1.807) is 6.07 Å². The topological polar surface area (TPSA) is 26.0 Å². The molecule has 0 saturated heterocycles. The van der Waals surface area contributed by atoms with Gasteiger partial charge in [0.25, 0.3) is 0 Å². The van der Waals surface area contributed by atoms with Crippen LogP contribution in [0.5, 0.6) is 0 Å². The van der Waals surface area contributed by atoms with E-state index < -0.39 is 0 Å². The molecular weight excluding hydrogens is 305 g/mol. The summed E-state index contributed by atoms with van der Waals surface area (Å²) in [6.45, 7) is 0. The standard InChI is InChI=1S/C16H15BrFN/c17-15-11(5-3-7-14(15)18)9-12-8-10-4-1-2-6-13(10)16(12)19/h1-7,12,16H,8-9,19H2. The van der Waals surface area contributed by atoms with E-state index in [0.717, 1.165) is 18.4 Å². The van der Waals surface area contributed by atoms with Crippen molar-refractivity contribution in [1.82, 2.24) is 0 Å². The monoisotopic (exact) mass is 319 g/mol. The van der Waals surface area contributed by atoms with Crippen molar-refractivity contribution < 1.29 is 4.39 Å². The Bertz CT molecular complexity index is 611. The third-order valence-electron chi connectivity index (χ3n) is 3.92. The van der Waals surface area contributed by atoms with Crippen molar-refractivity contribution in [2.45, 2.75) is 18.9 Å². The Kier molecular flexibility index (Phi) is 3.42. The average Bonchev–Trinajstić information content (AvgIpc) is 2.73. The molecule has 0 saturated carbocycles. The second kappa shape index (κ2) is 5.06. The number of rotatable bonds is 2. The van der Waals surface area contributed by atoms with Gasteiger partial charge in [-0.25, -0.2) is 4.39 Å². The van der Waals surface area contributed by atoms with Gasteiger partial charge in [-0.3, -0.25) is 0 Å². The molecule has 1 aliphatic carbocycles. The first-order valence-corrected chi connectivity index (χ1v) is 7.22. The molecule has 0 spiro atoms. The van der Waals surface area contributed by atoms with Crippen LogP contribution in [0.2, 0.25) is 0 Å². The van der Waals surface area contributed by atoms with Gasteiger partial charge in [0.15, 0.2) is 0 Å². The van der Waals surface area contributed by atoms with Crippen molar-refractivity contribution in [3.63, 3.8) is 0 Å². The number of hydrogen-bond acceptors (Lipinski definition) is 1. The summed E-state index contributed by atoms with van der Waals surface area (Å²) in [5.41, 5.74) is 9.87. The molecule has 0 aliphatic heterocycles. The summed E-state index contributed by atoms with van der Waals surface area (Å²) >= 11 is 3.33. The molecule has 2 atom stereocenters. The summed E-state index contributed by atoms with van der Waals surface area (Å²) in [5.74, 6) is 0.136. The van der Waals surface area contributed by atoms with Gasteiger partial charge in [-0.2, -0.15) is 0 Å². The molecule has 1 nitrogen and oxygen atoms in total. The van der Waals surface area contributed by atoms with Crippen LogP contribution in [-0.2, 0) is 12.8 Å². The normalized spacial score (nSPS) is 21.4. The van der Waals surface area contributed by atoms with Gasteiger partial charge in [0, 0.05) is 6.04 Å².